The molecule has 0 unspecified atom stereocenters. The highest BCUT2D eigenvalue weighted by molar-refractivity contribution is 6.30. The molecule has 1 aliphatic heterocycles. The van der Waals surface area contributed by atoms with Crippen LogP contribution >= 0.6 is 0 Å². The van der Waals surface area contributed by atoms with Crippen LogP contribution in [0, 0.1) is 11.3 Å². The molecule has 1 heterocycles. The van der Waals surface area contributed by atoms with Crippen molar-refractivity contribution in [1.82, 2.24) is 0 Å². The molecule has 0 radical (unpaired) electrons. The van der Waals surface area contributed by atoms with Gasteiger partial charge in [0.25, 0.3) is 5.91 Å². The fraction of sp³-hybridized carbons (Fsp3) is 0. The number of benzene rings is 1. The molecule has 0 aromatic heterocycles. The van der Waals surface area contributed by atoms with Crippen LogP contribution in [0.25, 0.3) is 5.57 Å². The first-order chi connectivity index (χ1) is 6.22. The van der Waals surface area contributed by atoms with Crippen LogP contribution in [0.5, 0.6) is 0 Å². The summed E-state index contributed by atoms with van der Waals surface area (Å²) in [6.45, 7) is 3.64. The van der Waals surface area contributed by atoms with E-state index in [-0.39, 0.29) is 5.91 Å². The minimum atomic E-state index is -0.190. The van der Waals surface area contributed by atoms with Crippen molar-refractivity contribution in [3.63, 3.8) is 0 Å². The number of nitriles is 1. The van der Waals surface area contributed by atoms with E-state index in [0.717, 1.165) is 5.56 Å². The number of amides is 1. The lowest BCUT2D eigenvalue weighted by molar-refractivity contribution is -0.110. The van der Waals surface area contributed by atoms with Crippen LogP contribution in [-0.4, -0.2) is 5.91 Å². The van der Waals surface area contributed by atoms with E-state index in [0.29, 0.717) is 16.8 Å². The van der Waals surface area contributed by atoms with Crippen molar-refractivity contribution < 1.29 is 4.79 Å². The van der Waals surface area contributed by atoms with Gasteiger partial charge in [-0.15, -0.1) is 0 Å². The number of rotatable bonds is 0. The molecule has 0 saturated heterocycles. The van der Waals surface area contributed by atoms with Crippen molar-refractivity contribution >= 4 is 17.2 Å². The van der Waals surface area contributed by atoms with Crippen LogP contribution in [0.4, 0.5) is 5.69 Å². The summed E-state index contributed by atoms with van der Waals surface area (Å²) in [6, 6.07) is 7.05. The summed E-state index contributed by atoms with van der Waals surface area (Å²) in [5, 5.41) is 11.2. The first-order valence-electron chi connectivity index (χ1n) is 3.77. The van der Waals surface area contributed by atoms with Gasteiger partial charge in [-0.1, -0.05) is 12.6 Å². The van der Waals surface area contributed by atoms with Crippen molar-refractivity contribution in [2.75, 3.05) is 5.32 Å². The first kappa shape index (κ1) is 7.56. The van der Waals surface area contributed by atoms with Gasteiger partial charge < -0.3 is 5.32 Å². The van der Waals surface area contributed by atoms with E-state index in [1.54, 1.807) is 18.2 Å². The number of anilines is 1. The Labute approximate surface area is 75.3 Å². The highest BCUT2D eigenvalue weighted by Crippen LogP contribution is 2.30. The summed E-state index contributed by atoms with van der Waals surface area (Å²) in [5.74, 6) is -0.190. The van der Waals surface area contributed by atoms with Gasteiger partial charge in [-0.3, -0.25) is 4.79 Å². The van der Waals surface area contributed by atoms with E-state index in [2.05, 4.69) is 11.9 Å². The SMILES string of the molecule is C=C1C(=O)Nc2cc(C#N)ccc21. The molecule has 0 spiro atoms. The molecule has 3 nitrogen and oxygen atoms in total. The lowest BCUT2D eigenvalue weighted by Gasteiger charge is -1.96. The highest BCUT2D eigenvalue weighted by atomic mass is 16.1. The number of nitrogens with zero attached hydrogens (tertiary/aromatic N) is 1. The average molecular weight is 170 g/mol. The van der Waals surface area contributed by atoms with Crippen molar-refractivity contribution in [3.8, 4) is 6.07 Å². The molecule has 0 aliphatic carbocycles. The molecular formula is C10H6N2O. The third-order valence-corrected chi connectivity index (χ3v) is 2.00. The van der Waals surface area contributed by atoms with E-state index in [1.807, 2.05) is 6.07 Å². The smallest absolute Gasteiger partial charge is 0.255 e. The van der Waals surface area contributed by atoms with E-state index in [9.17, 15) is 4.79 Å². The summed E-state index contributed by atoms with van der Waals surface area (Å²) in [4.78, 5) is 11.1. The van der Waals surface area contributed by atoms with Gasteiger partial charge in [-0.2, -0.15) is 5.26 Å². The minimum absolute atomic E-state index is 0.190. The molecule has 62 valence electrons. The Morgan fingerprint density at radius 1 is 1.46 bits per heavy atom. The van der Waals surface area contributed by atoms with Gasteiger partial charge in [0.05, 0.1) is 17.3 Å². The Hall–Kier alpha value is -2.08. The summed E-state index contributed by atoms with van der Waals surface area (Å²) < 4.78 is 0. The number of hydrogen-bond acceptors (Lipinski definition) is 2. The molecule has 2 rings (SSSR count). The van der Waals surface area contributed by atoms with E-state index < -0.39 is 0 Å². The van der Waals surface area contributed by atoms with Crippen LogP contribution in [0.3, 0.4) is 0 Å². The van der Waals surface area contributed by atoms with E-state index in [4.69, 9.17) is 5.26 Å². The molecule has 1 aromatic rings. The summed E-state index contributed by atoms with van der Waals surface area (Å²) in [6.07, 6.45) is 0. The summed E-state index contributed by atoms with van der Waals surface area (Å²) in [7, 11) is 0. The fourth-order valence-electron chi connectivity index (χ4n) is 1.30. The molecule has 0 atom stereocenters. The average Bonchev–Trinajstić information content (AvgIpc) is 2.42. The van der Waals surface area contributed by atoms with Crippen LogP contribution in [0.1, 0.15) is 11.1 Å². The van der Waals surface area contributed by atoms with Gasteiger partial charge >= 0.3 is 0 Å². The maximum atomic E-state index is 11.1. The Morgan fingerprint density at radius 3 is 2.92 bits per heavy atom. The summed E-state index contributed by atoms with van der Waals surface area (Å²) in [5.41, 5.74) is 2.45. The fourth-order valence-corrected chi connectivity index (χ4v) is 1.30. The van der Waals surface area contributed by atoms with Gasteiger partial charge in [-0.05, 0) is 12.1 Å². The van der Waals surface area contributed by atoms with E-state index >= 15 is 0 Å². The quantitative estimate of drug-likeness (QED) is 0.600. The third-order valence-electron chi connectivity index (χ3n) is 2.00. The van der Waals surface area contributed by atoms with Gasteiger partial charge in [0, 0.05) is 11.1 Å². The Kier molecular flexibility index (Phi) is 1.43. The van der Waals surface area contributed by atoms with Crippen LogP contribution in [0.2, 0.25) is 0 Å². The Balaban J connectivity index is 2.60. The van der Waals surface area contributed by atoms with Crippen molar-refractivity contribution in [1.29, 1.82) is 5.26 Å². The minimum Gasteiger partial charge on any atom is -0.321 e. The van der Waals surface area contributed by atoms with E-state index in [1.165, 1.54) is 0 Å². The zero-order valence-electron chi connectivity index (χ0n) is 6.79. The second kappa shape index (κ2) is 2.46. The van der Waals surface area contributed by atoms with Crippen LogP contribution in [-0.2, 0) is 4.79 Å². The van der Waals surface area contributed by atoms with Gasteiger partial charge in [0.15, 0.2) is 0 Å². The molecule has 3 heteroatoms. The monoisotopic (exact) mass is 170 g/mol. The molecule has 0 fully saturated rings. The van der Waals surface area contributed by atoms with Crippen LogP contribution in [0.15, 0.2) is 24.8 Å². The maximum absolute atomic E-state index is 11.1. The molecule has 1 aromatic carbocycles. The second-order valence-corrected chi connectivity index (χ2v) is 2.80. The second-order valence-electron chi connectivity index (χ2n) is 2.80. The van der Waals surface area contributed by atoms with Gasteiger partial charge in [0.2, 0.25) is 0 Å². The highest BCUT2D eigenvalue weighted by Gasteiger charge is 2.21. The number of fused-ring (bicyclic) bond motifs is 1. The van der Waals surface area contributed by atoms with Crippen LogP contribution < -0.4 is 5.32 Å². The summed E-state index contributed by atoms with van der Waals surface area (Å²) >= 11 is 0. The topological polar surface area (TPSA) is 52.9 Å². The number of nitrogens with one attached hydrogen (secondary N) is 1. The molecule has 1 amide bonds. The molecule has 13 heavy (non-hydrogen) atoms. The zero-order valence-corrected chi connectivity index (χ0v) is 6.79. The van der Waals surface area contributed by atoms with Gasteiger partial charge in [-0.25, -0.2) is 0 Å². The molecule has 1 aliphatic rings. The maximum Gasteiger partial charge on any atom is 0.255 e. The van der Waals surface area contributed by atoms with Crippen molar-refractivity contribution in [2.45, 2.75) is 0 Å². The first-order valence-corrected chi connectivity index (χ1v) is 3.77. The largest absolute Gasteiger partial charge is 0.321 e. The van der Waals surface area contributed by atoms with Crippen molar-refractivity contribution in [3.05, 3.63) is 35.9 Å². The lowest BCUT2D eigenvalue weighted by atomic mass is 10.1. The Morgan fingerprint density at radius 2 is 2.23 bits per heavy atom. The molecule has 0 bridgehead atoms. The normalized spacial score (nSPS) is 13.5. The Bertz CT molecular complexity index is 454. The molecule has 0 saturated carbocycles. The lowest BCUT2D eigenvalue weighted by Crippen LogP contribution is -2.02. The molecular weight excluding hydrogens is 164 g/mol. The number of carbonyl (C=O) groups excluding carboxylic acids is 1. The number of hydrogen-bond donors (Lipinski definition) is 1. The third kappa shape index (κ3) is 1.00. The molecule has 1 N–H and O–H groups in total. The predicted molar refractivity (Wildman–Crippen MR) is 48.8 cm³/mol. The van der Waals surface area contributed by atoms with Crippen molar-refractivity contribution in [2.24, 2.45) is 0 Å². The standard InChI is InChI=1S/C10H6N2O/c1-6-8-3-2-7(5-11)4-9(8)12-10(6)13/h2-4H,1H2,(H,12,13). The zero-order chi connectivity index (χ0) is 9.42. The predicted octanol–water partition coefficient (Wildman–Crippen LogP) is 1.52. The van der Waals surface area contributed by atoms with Gasteiger partial charge in [0.1, 0.15) is 0 Å². The number of carbonyl (C=O) groups is 1.